The largest absolute Gasteiger partial charge is 0.508 e. The molecule has 0 heterocycles. The van der Waals surface area contributed by atoms with Crippen LogP contribution in [0.1, 0.15) is 89.5 Å². The molecule has 3 amide bonds. The number of para-hydroxylation sites is 1. The number of aromatic hydroxyl groups is 1. The SMILES string of the molecule is CCCCCCCN(C(=O)C(C)NC(=O)OC(C)(C)C)C(C(=O)Nc1c(C)cccc1C)c1ccc(O)cc1. The fraction of sp³-hybridized carbons (Fsp3) is 0.516. The van der Waals surface area contributed by atoms with Gasteiger partial charge in [0.15, 0.2) is 0 Å². The molecule has 0 fully saturated rings. The maximum Gasteiger partial charge on any atom is 0.408 e. The van der Waals surface area contributed by atoms with E-state index < -0.39 is 29.7 Å². The van der Waals surface area contributed by atoms with Crippen molar-refractivity contribution in [2.45, 2.75) is 98.3 Å². The van der Waals surface area contributed by atoms with E-state index in [0.29, 0.717) is 24.2 Å². The molecule has 8 heteroatoms. The zero-order valence-electron chi connectivity index (χ0n) is 24.5. The number of unbranched alkanes of at least 4 members (excludes halogenated alkanes) is 4. The molecule has 8 nitrogen and oxygen atoms in total. The summed E-state index contributed by atoms with van der Waals surface area (Å²) in [4.78, 5) is 41.8. The Morgan fingerprint density at radius 3 is 2.10 bits per heavy atom. The van der Waals surface area contributed by atoms with Gasteiger partial charge >= 0.3 is 6.09 Å². The van der Waals surface area contributed by atoms with Crippen LogP contribution in [-0.2, 0) is 14.3 Å². The van der Waals surface area contributed by atoms with Crippen molar-refractivity contribution in [1.29, 1.82) is 0 Å². The van der Waals surface area contributed by atoms with E-state index >= 15 is 0 Å². The standard InChI is InChI=1S/C31H45N3O5/c1-8-9-10-11-12-20-34(29(37)23(4)32-30(38)39-31(5,6)7)27(24-16-18-25(35)19-17-24)28(36)33-26-21(2)14-13-15-22(26)3/h13-19,23,27,35H,8-12,20H2,1-7H3,(H,32,38)(H,33,36). The Morgan fingerprint density at radius 2 is 1.54 bits per heavy atom. The smallest absolute Gasteiger partial charge is 0.408 e. The number of carbonyl (C=O) groups excluding carboxylic acids is 3. The molecule has 2 atom stereocenters. The number of alkyl carbamates (subject to hydrolysis) is 1. The van der Waals surface area contributed by atoms with Crippen molar-refractivity contribution >= 4 is 23.6 Å². The monoisotopic (exact) mass is 539 g/mol. The average molecular weight is 540 g/mol. The second-order valence-corrected chi connectivity index (χ2v) is 11.1. The molecular formula is C31H45N3O5. The highest BCUT2D eigenvalue weighted by Gasteiger charge is 2.35. The van der Waals surface area contributed by atoms with E-state index in [2.05, 4.69) is 17.6 Å². The number of ether oxygens (including phenoxy) is 1. The maximum absolute atomic E-state index is 13.9. The molecule has 2 aromatic carbocycles. The zero-order chi connectivity index (χ0) is 29.2. The molecular weight excluding hydrogens is 494 g/mol. The van der Waals surface area contributed by atoms with Crippen LogP contribution in [0.2, 0.25) is 0 Å². The predicted octanol–water partition coefficient (Wildman–Crippen LogP) is 6.40. The van der Waals surface area contributed by atoms with Crippen molar-refractivity contribution in [3.63, 3.8) is 0 Å². The number of nitrogens with one attached hydrogen (secondary N) is 2. The van der Waals surface area contributed by atoms with Crippen LogP contribution in [0.5, 0.6) is 5.75 Å². The number of phenols is 1. The Labute approximate surface area is 233 Å². The van der Waals surface area contributed by atoms with Crippen molar-refractivity contribution in [2.75, 3.05) is 11.9 Å². The Bertz CT molecular complexity index is 1090. The summed E-state index contributed by atoms with van der Waals surface area (Å²) in [5.41, 5.74) is 2.35. The molecule has 0 spiro atoms. The Hall–Kier alpha value is -3.55. The lowest BCUT2D eigenvalue weighted by Crippen LogP contribution is -2.51. The fourth-order valence-electron chi connectivity index (χ4n) is 4.38. The number of hydrogen-bond donors (Lipinski definition) is 3. The molecule has 0 saturated carbocycles. The van der Waals surface area contributed by atoms with E-state index in [-0.39, 0.29) is 11.7 Å². The first-order chi connectivity index (χ1) is 18.3. The van der Waals surface area contributed by atoms with Gasteiger partial charge in [0.2, 0.25) is 5.91 Å². The Kier molecular flexibility index (Phi) is 11.8. The number of benzene rings is 2. The van der Waals surface area contributed by atoms with E-state index in [9.17, 15) is 19.5 Å². The molecule has 2 aromatic rings. The second kappa shape index (κ2) is 14.6. The number of aryl methyl sites for hydroxylation is 2. The van der Waals surface area contributed by atoms with Gasteiger partial charge in [0, 0.05) is 12.2 Å². The van der Waals surface area contributed by atoms with Gasteiger partial charge < -0.3 is 25.4 Å². The quantitative estimate of drug-likeness (QED) is 0.271. The summed E-state index contributed by atoms with van der Waals surface area (Å²) in [6, 6.07) is 10.1. The van der Waals surface area contributed by atoms with Gasteiger partial charge in [0.25, 0.3) is 5.91 Å². The highest BCUT2D eigenvalue weighted by Crippen LogP contribution is 2.28. The number of anilines is 1. The first-order valence-corrected chi connectivity index (χ1v) is 13.8. The normalized spacial score (nSPS) is 12.8. The molecule has 0 aromatic heterocycles. The van der Waals surface area contributed by atoms with E-state index in [1.807, 2.05) is 32.0 Å². The van der Waals surface area contributed by atoms with E-state index in [1.54, 1.807) is 39.8 Å². The summed E-state index contributed by atoms with van der Waals surface area (Å²) < 4.78 is 5.35. The lowest BCUT2D eigenvalue weighted by atomic mass is 10.0. The third kappa shape index (κ3) is 9.93. The Morgan fingerprint density at radius 1 is 0.949 bits per heavy atom. The number of carbonyl (C=O) groups is 3. The van der Waals surface area contributed by atoms with Crippen molar-refractivity contribution in [1.82, 2.24) is 10.2 Å². The number of hydrogen-bond acceptors (Lipinski definition) is 5. The van der Waals surface area contributed by atoms with E-state index in [1.165, 1.54) is 17.0 Å². The molecule has 0 saturated heterocycles. The van der Waals surface area contributed by atoms with Gasteiger partial charge in [-0.3, -0.25) is 9.59 Å². The molecule has 3 N–H and O–H groups in total. The number of nitrogens with zero attached hydrogens (tertiary/aromatic N) is 1. The number of phenolic OH excluding ortho intramolecular Hbond substituents is 1. The molecule has 214 valence electrons. The summed E-state index contributed by atoms with van der Waals surface area (Å²) in [7, 11) is 0. The van der Waals surface area contributed by atoms with Gasteiger partial charge in [-0.2, -0.15) is 0 Å². The molecule has 0 bridgehead atoms. The average Bonchev–Trinajstić information content (AvgIpc) is 2.84. The minimum absolute atomic E-state index is 0.0602. The van der Waals surface area contributed by atoms with Crippen LogP contribution in [0.4, 0.5) is 10.5 Å². The fourth-order valence-corrected chi connectivity index (χ4v) is 4.38. The summed E-state index contributed by atoms with van der Waals surface area (Å²) in [6.45, 7) is 13.1. The van der Waals surface area contributed by atoms with Crippen LogP contribution < -0.4 is 10.6 Å². The number of rotatable bonds is 12. The highest BCUT2D eigenvalue weighted by atomic mass is 16.6. The summed E-state index contributed by atoms with van der Waals surface area (Å²) in [5, 5.41) is 15.6. The minimum Gasteiger partial charge on any atom is -0.508 e. The van der Waals surface area contributed by atoms with E-state index in [0.717, 1.165) is 36.8 Å². The van der Waals surface area contributed by atoms with Crippen LogP contribution in [0.3, 0.4) is 0 Å². The molecule has 0 aliphatic heterocycles. The lowest BCUT2D eigenvalue weighted by molar-refractivity contribution is -0.140. The van der Waals surface area contributed by atoms with Crippen molar-refractivity contribution in [3.8, 4) is 5.75 Å². The van der Waals surface area contributed by atoms with Gasteiger partial charge in [0.1, 0.15) is 23.4 Å². The van der Waals surface area contributed by atoms with Crippen LogP contribution in [0, 0.1) is 13.8 Å². The molecule has 0 aliphatic rings. The topological polar surface area (TPSA) is 108 Å². The minimum atomic E-state index is -0.980. The van der Waals surface area contributed by atoms with Crippen LogP contribution in [0.25, 0.3) is 0 Å². The molecule has 2 rings (SSSR count). The van der Waals surface area contributed by atoms with Gasteiger partial charge in [-0.15, -0.1) is 0 Å². The van der Waals surface area contributed by atoms with Gasteiger partial charge in [-0.05, 0) is 76.8 Å². The summed E-state index contributed by atoms with van der Waals surface area (Å²) in [5.74, 6) is -0.708. The molecule has 2 unspecified atom stereocenters. The van der Waals surface area contributed by atoms with Crippen molar-refractivity contribution < 1.29 is 24.2 Å². The highest BCUT2D eigenvalue weighted by molar-refractivity contribution is 5.99. The van der Waals surface area contributed by atoms with Gasteiger partial charge in [-0.1, -0.05) is 62.9 Å². The zero-order valence-corrected chi connectivity index (χ0v) is 24.5. The van der Waals surface area contributed by atoms with Gasteiger partial charge in [-0.25, -0.2) is 4.79 Å². The van der Waals surface area contributed by atoms with Gasteiger partial charge in [0.05, 0.1) is 0 Å². The lowest BCUT2D eigenvalue weighted by Gasteiger charge is -2.34. The second-order valence-electron chi connectivity index (χ2n) is 11.1. The van der Waals surface area contributed by atoms with E-state index in [4.69, 9.17) is 4.74 Å². The third-order valence-electron chi connectivity index (χ3n) is 6.39. The van der Waals surface area contributed by atoms with Crippen molar-refractivity contribution in [2.24, 2.45) is 0 Å². The van der Waals surface area contributed by atoms with Crippen molar-refractivity contribution in [3.05, 3.63) is 59.2 Å². The third-order valence-corrected chi connectivity index (χ3v) is 6.39. The summed E-state index contributed by atoms with van der Waals surface area (Å²) >= 11 is 0. The first kappa shape index (κ1) is 31.7. The van der Waals surface area contributed by atoms with Crippen LogP contribution >= 0.6 is 0 Å². The number of amides is 3. The van der Waals surface area contributed by atoms with Crippen LogP contribution in [-0.4, -0.2) is 46.1 Å². The maximum atomic E-state index is 13.9. The predicted molar refractivity (Wildman–Crippen MR) is 155 cm³/mol. The molecule has 39 heavy (non-hydrogen) atoms. The Balaban J connectivity index is 2.45. The molecule has 0 radical (unpaired) electrons. The van der Waals surface area contributed by atoms with Crippen LogP contribution in [0.15, 0.2) is 42.5 Å². The first-order valence-electron chi connectivity index (χ1n) is 13.8. The summed E-state index contributed by atoms with van der Waals surface area (Å²) in [6.07, 6.45) is 4.13. The molecule has 0 aliphatic carbocycles.